The van der Waals surface area contributed by atoms with Crippen molar-refractivity contribution >= 4 is 5.78 Å². The lowest BCUT2D eigenvalue weighted by Gasteiger charge is -2.26. The molecule has 1 aromatic rings. The highest BCUT2D eigenvalue weighted by Crippen LogP contribution is 2.25. The third-order valence-corrected chi connectivity index (χ3v) is 2.63. The van der Waals surface area contributed by atoms with Crippen molar-refractivity contribution in [3.63, 3.8) is 0 Å². The van der Waals surface area contributed by atoms with Crippen molar-refractivity contribution in [2.75, 3.05) is 0 Å². The first-order valence-corrected chi connectivity index (χ1v) is 4.80. The molecule has 14 heavy (non-hydrogen) atoms. The van der Waals surface area contributed by atoms with E-state index in [0.717, 1.165) is 5.56 Å². The first-order chi connectivity index (χ1) is 6.79. The molecule has 72 valence electrons. The molecule has 0 aliphatic carbocycles. The zero-order valence-electron chi connectivity index (χ0n) is 8.10. The molecule has 0 amide bonds. The molecule has 0 bridgehead atoms. The molecule has 1 aliphatic heterocycles. The van der Waals surface area contributed by atoms with Crippen LogP contribution in [0.4, 0.5) is 0 Å². The minimum Gasteiger partial charge on any atom is -0.383 e. The lowest BCUT2D eigenvalue weighted by molar-refractivity contribution is -0.119. The number of nitrogens with one attached hydrogen (secondary N) is 1. The molecule has 1 aliphatic rings. The topological polar surface area (TPSA) is 29.1 Å². The first kappa shape index (κ1) is 9.00. The number of benzene rings is 1. The van der Waals surface area contributed by atoms with Gasteiger partial charge in [-0.3, -0.25) is 4.79 Å². The Morgan fingerprint density at radius 2 is 1.93 bits per heavy atom. The second kappa shape index (κ2) is 3.66. The number of hydrogen-bond donors (Lipinski definition) is 1. The van der Waals surface area contributed by atoms with Gasteiger partial charge >= 0.3 is 0 Å². The molecule has 0 radical (unpaired) electrons. The van der Waals surface area contributed by atoms with E-state index in [9.17, 15) is 4.79 Å². The molecule has 0 saturated heterocycles. The molecule has 2 nitrogen and oxygen atoms in total. The molecule has 0 aromatic heterocycles. The maximum atomic E-state index is 11.5. The van der Waals surface area contributed by atoms with Crippen LogP contribution in [0.2, 0.25) is 0 Å². The van der Waals surface area contributed by atoms with Gasteiger partial charge in [0.25, 0.3) is 0 Å². The summed E-state index contributed by atoms with van der Waals surface area (Å²) in [6.07, 6.45) is 3.34. The zero-order valence-corrected chi connectivity index (χ0v) is 8.10. The summed E-state index contributed by atoms with van der Waals surface area (Å²) in [7, 11) is 0. The van der Waals surface area contributed by atoms with Crippen LogP contribution in [0.3, 0.4) is 0 Å². The summed E-state index contributed by atoms with van der Waals surface area (Å²) in [4.78, 5) is 11.5. The maximum absolute atomic E-state index is 11.5. The molecule has 1 heterocycles. The van der Waals surface area contributed by atoms with Gasteiger partial charge in [0, 0.05) is 12.1 Å². The van der Waals surface area contributed by atoms with Gasteiger partial charge in [-0.1, -0.05) is 37.3 Å². The van der Waals surface area contributed by atoms with Gasteiger partial charge in [-0.2, -0.15) is 0 Å². The van der Waals surface area contributed by atoms with Crippen molar-refractivity contribution < 1.29 is 4.79 Å². The maximum Gasteiger partial charge on any atom is 0.162 e. The van der Waals surface area contributed by atoms with E-state index < -0.39 is 0 Å². The molecular weight excluding hydrogens is 174 g/mol. The van der Waals surface area contributed by atoms with Gasteiger partial charge < -0.3 is 5.32 Å². The highest BCUT2D eigenvalue weighted by molar-refractivity contribution is 5.92. The fourth-order valence-corrected chi connectivity index (χ4v) is 1.74. The van der Waals surface area contributed by atoms with E-state index in [0.29, 0.717) is 0 Å². The van der Waals surface area contributed by atoms with Crippen molar-refractivity contribution in [3.05, 3.63) is 48.2 Å². The van der Waals surface area contributed by atoms with Crippen LogP contribution in [-0.4, -0.2) is 5.78 Å². The Morgan fingerprint density at radius 3 is 2.64 bits per heavy atom. The normalized spacial score (nSPS) is 25.9. The first-order valence-electron chi connectivity index (χ1n) is 4.80. The van der Waals surface area contributed by atoms with E-state index >= 15 is 0 Å². The molecule has 0 unspecified atom stereocenters. The molecule has 2 rings (SSSR count). The standard InChI is InChI=1S/C12H13NO/c1-9-11(14)7-8-13-12(9)10-5-3-2-4-6-10/h2-9,12-13H,1H3/t9-,12-/m1/s1. The number of ketones is 1. The van der Waals surface area contributed by atoms with Crippen molar-refractivity contribution in [3.8, 4) is 0 Å². The van der Waals surface area contributed by atoms with Gasteiger partial charge in [-0.05, 0) is 11.6 Å². The minimum absolute atomic E-state index is 0.0161. The highest BCUT2D eigenvalue weighted by Gasteiger charge is 2.25. The molecule has 2 heteroatoms. The predicted octanol–water partition coefficient (Wildman–Crippen LogP) is 2.05. The second-order valence-electron chi connectivity index (χ2n) is 3.58. The van der Waals surface area contributed by atoms with Gasteiger partial charge in [0.2, 0.25) is 0 Å². The molecule has 0 fully saturated rings. The Labute approximate surface area is 83.6 Å². The van der Waals surface area contributed by atoms with Crippen molar-refractivity contribution in [1.29, 1.82) is 0 Å². The van der Waals surface area contributed by atoms with E-state index in [1.54, 1.807) is 12.3 Å². The fraction of sp³-hybridized carbons (Fsp3) is 0.250. The Balaban J connectivity index is 2.28. The SMILES string of the molecule is C[C@@H]1C(=O)C=CN[C@H]1c1ccccc1. The number of rotatable bonds is 1. The van der Waals surface area contributed by atoms with E-state index in [4.69, 9.17) is 0 Å². The zero-order chi connectivity index (χ0) is 9.97. The molecule has 1 N–H and O–H groups in total. The minimum atomic E-state index is 0.0161. The number of carbonyl (C=O) groups excluding carboxylic acids is 1. The summed E-state index contributed by atoms with van der Waals surface area (Å²) in [5.74, 6) is 0.208. The lowest BCUT2D eigenvalue weighted by atomic mass is 9.89. The van der Waals surface area contributed by atoms with Crippen molar-refractivity contribution in [2.45, 2.75) is 13.0 Å². The molecular formula is C12H13NO. The average molecular weight is 187 g/mol. The summed E-state index contributed by atoms with van der Waals surface area (Å²) in [5.41, 5.74) is 1.16. The largest absolute Gasteiger partial charge is 0.383 e. The van der Waals surface area contributed by atoms with Crippen LogP contribution in [0.25, 0.3) is 0 Å². The Hall–Kier alpha value is -1.57. The van der Waals surface area contributed by atoms with Crippen LogP contribution in [0.1, 0.15) is 18.5 Å². The van der Waals surface area contributed by atoms with Gasteiger partial charge in [0.1, 0.15) is 0 Å². The Bertz CT molecular complexity index is 356. The van der Waals surface area contributed by atoms with Gasteiger partial charge in [-0.25, -0.2) is 0 Å². The lowest BCUT2D eigenvalue weighted by Crippen LogP contribution is -2.31. The van der Waals surface area contributed by atoms with E-state index in [1.807, 2.05) is 37.3 Å². The van der Waals surface area contributed by atoms with E-state index in [1.165, 1.54) is 0 Å². The third-order valence-electron chi connectivity index (χ3n) is 2.63. The Morgan fingerprint density at radius 1 is 1.21 bits per heavy atom. The molecule has 0 saturated carbocycles. The molecule has 2 atom stereocenters. The van der Waals surface area contributed by atoms with Crippen molar-refractivity contribution in [1.82, 2.24) is 5.32 Å². The highest BCUT2D eigenvalue weighted by atomic mass is 16.1. The Kier molecular flexibility index (Phi) is 2.35. The molecule has 1 aromatic carbocycles. The average Bonchev–Trinajstić information content (AvgIpc) is 2.23. The fourth-order valence-electron chi connectivity index (χ4n) is 1.74. The summed E-state index contributed by atoms with van der Waals surface area (Å²) < 4.78 is 0. The second-order valence-corrected chi connectivity index (χ2v) is 3.58. The summed E-state index contributed by atoms with van der Waals surface area (Å²) >= 11 is 0. The van der Waals surface area contributed by atoms with Crippen LogP contribution in [0.5, 0.6) is 0 Å². The van der Waals surface area contributed by atoms with Crippen LogP contribution in [0, 0.1) is 5.92 Å². The quantitative estimate of drug-likeness (QED) is 0.729. The van der Waals surface area contributed by atoms with Crippen LogP contribution >= 0.6 is 0 Å². The predicted molar refractivity (Wildman–Crippen MR) is 55.6 cm³/mol. The smallest absolute Gasteiger partial charge is 0.162 e. The number of allylic oxidation sites excluding steroid dienone is 1. The van der Waals surface area contributed by atoms with Crippen molar-refractivity contribution in [2.24, 2.45) is 5.92 Å². The monoisotopic (exact) mass is 187 g/mol. The van der Waals surface area contributed by atoms with Crippen LogP contribution in [-0.2, 0) is 4.79 Å². The summed E-state index contributed by atoms with van der Waals surface area (Å²) in [6, 6.07) is 10.2. The van der Waals surface area contributed by atoms with Gasteiger partial charge in [0.15, 0.2) is 5.78 Å². The van der Waals surface area contributed by atoms with Gasteiger partial charge in [0.05, 0.1) is 6.04 Å². The van der Waals surface area contributed by atoms with Crippen LogP contribution < -0.4 is 5.32 Å². The molecule has 0 spiro atoms. The summed E-state index contributed by atoms with van der Waals surface area (Å²) in [5, 5.41) is 3.21. The number of hydrogen-bond acceptors (Lipinski definition) is 2. The summed E-state index contributed by atoms with van der Waals surface area (Å²) in [6.45, 7) is 1.95. The van der Waals surface area contributed by atoms with Crippen LogP contribution in [0.15, 0.2) is 42.6 Å². The van der Waals surface area contributed by atoms with Gasteiger partial charge in [-0.15, -0.1) is 0 Å². The van der Waals surface area contributed by atoms with E-state index in [2.05, 4.69) is 5.32 Å². The number of carbonyl (C=O) groups is 1. The van der Waals surface area contributed by atoms with E-state index in [-0.39, 0.29) is 17.7 Å². The third kappa shape index (κ3) is 1.55.